The molecule has 0 nitrogen and oxygen atoms in total. The first-order valence-corrected chi connectivity index (χ1v) is 6.69. The van der Waals surface area contributed by atoms with Crippen molar-refractivity contribution >= 4 is 0 Å². The molecule has 1 aliphatic rings. The quantitative estimate of drug-likeness (QED) is 0.610. The monoisotopic (exact) mass is 266 g/mol. The summed E-state index contributed by atoms with van der Waals surface area (Å²) in [5.41, 5.74) is 0.951. The lowest BCUT2D eigenvalue weighted by molar-refractivity contribution is 0.321. The Morgan fingerprint density at radius 2 is 1.79 bits per heavy atom. The van der Waals surface area contributed by atoms with Crippen LogP contribution >= 0.6 is 0 Å². The fourth-order valence-electron chi connectivity index (χ4n) is 2.92. The van der Waals surface area contributed by atoms with Crippen molar-refractivity contribution in [1.82, 2.24) is 0 Å². The van der Waals surface area contributed by atoms with E-state index in [1.54, 1.807) is 19.1 Å². The van der Waals surface area contributed by atoms with Crippen LogP contribution in [0.25, 0.3) is 0 Å². The molecule has 1 saturated carbocycles. The summed E-state index contributed by atoms with van der Waals surface area (Å²) in [6.45, 7) is 5.36. The molecule has 0 atom stereocenters. The first kappa shape index (κ1) is 15.9. The van der Waals surface area contributed by atoms with Crippen LogP contribution in [0, 0.1) is 24.5 Å². The Morgan fingerprint density at radius 1 is 1.16 bits per heavy atom. The van der Waals surface area contributed by atoms with Crippen LogP contribution in [0.4, 0.5) is 8.78 Å². The lowest BCUT2D eigenvalue weighted by atomic mass is 9.77. The summed E-state index contributed by atoms with van der Waals surface area (Å²) >= 11 is 0. The van der Waals surface area contributed by atoms with Crippen LogP contribution in [0.1, 0.15) is 56.6 Å². The number of hydrogen-bond acceptors (Lipinski definition) is 0. The summed E-state index contributed by atoms with van der Waals surface area (Å²) in [6.07, 6.45) is 7.09. The molecule has 0 heterocycles. The summed E-state index contributed by atoms with van der Waals surface area (Å²) in [4.78, 5) is 0. The predicted octanol–water partition coefficient (Wildman–Crippen LogP) is 5.76. The van der Waals surface area contributed by atoms with Gasteiger partial charge in [-0.15, -0.1) is 6.58 Å². The Morgan fingerprint density at radius 3 is 2.37 bits per heavy atom. The number of benzene rings is 1. The van der Waals surface area contributed by atoms with E-state index in [-0.39, 0.29) is 13.3 Å². The van der Waals surface area contributed by atoms with Gasteiger partial charge in [-0.3, -0.25) is 0 Å². The second kappa shape index (κ2) is 6.83. The van der Waals surface area contributed by atoms with Crippen molar-refractivity contribution in [3.63, 3.8) is 0 Å². The molecule has 19 heavy (non-hydrogen) atoms. The van der Waals surface area contributed by atoms with Gasteiger partial charge in [-0.1, -0.05) is 25.6 Å². The molecule has 0 N–H and O–H groups in total. The van der Waals surface area contributed by atoms with Gasteiger partial charge in [-0.05, 0) is 62.0 Å². The van der Waals surface area contributed by atoms with E-state index in [2.05, 4.69) is 6.58 Å². The summed E-state index contributed by atoms with van der Waals surface area (Å²) < 4.78 is 27.5. The van der Waals surface area contributed by atoms with E-state index in [9.17, 15) is 8.78 Å². The van der Waals surface area contributed by atoms with Gasteiger partial charge in [0.15, 0.2) is 11.6 Å². The number of aryl methyl sites for hydroxylation is 1. The molecular weight excluding hydrogens is 242 g/mol. The third-order valence-corrected chi connectivity index (χ3v) is 4.09. The van der Waals surface area contributed by atoms with Crippen LogP contribution in [0.3, 0.4) is 0 Å². The van der Waals surface area contributed by atoms with Crippen LogP contribution in [-0.2, 0) is 0 Å². The Labute approximate surface area is 115 Å². The molecule has 0 saturated heterocycles. The molecular formula is C17H24F2. The fraction of sp³-hybridized carbons (Fsp3) is 0.529. The number of halogens is 2. The van der Waals surface area contributed by atoms with Gasteiger partial charge < -0.3 is 0 Å². The summed E-state index contributed by atoms with van der Waals surface area (Å²) in [5.74, 6) is -0.457. The molecule has 0 aliphatic heterocycles. The first-order valence-electron chi connectivity index (χ1n) is 6.69. The van der Waals surface area contributed by atoms with E-state index in [1.165, 1.54) is 0 Å². The molecule has 1 aliphatic carbocycles. The van der Waals surface area contributed by atoms with Crippen LogP contribution in [0.15, 0.2) is 24.8 Å². The van der Waals surface area contributed by atoms with E-state index in [0.717, 1.165) is 32.1 Å². The van der Waals surface area contributed by atoms with Gasteiger partial charge in [-0.2, -0.15) is 0 Å². The molecule has 0 radical (unpaired) electrons. The maximum atomic E-state index is 13.9. The summed E-state index contributed by atoms with van der Waals surface area (Å²) in [5, 5.41) is 0. The van der Waals surface area contributed by atoms with Crippen molar-refractivity contribution in [2.45, 2.75) is 52.4 Å². The molecule has 2 heteroatoms. The summed E-state index contributed by atoms with van der Waals surface area (Å²) in [6, 6.07) is 3.44. The Bertz CT molecular complexity index is 429. The largest absolute Gasteiger partial charge is 0.203 e. The molecule has 0 bridgehead atoms. The highest BCUT2D eigenvalue weighted by molar-refractivity contribution is 5.28. The maximum Gasteiger partial charge on any atom is 0.162 e. The Kier molecular flexibility index (Phi) is 5.71. The average Bonchev–Trinajstić information content (AvgIpc) is 2.38. The number of rotatable bonds is 3. The minimum atomic E-state index is -0.680. The second-order valence-corrected chi connectivity index (χ2v) is 5.34. The predicted molar refractivity (Wildman–Crippen MR) is 77.3 cm³/mol. The van der Waals surface area contributed by atoms with Crippen molar-refractivity contribution in [2.24, 2.45) is 5.92 Å². The highest BCUT2D eigenvalue weighted by Gasteiger charge is 2.25. The number of allylic oxidation sites excluding steroid dienone is 1. The normalized spacial score (nSPS) is 22.7. The molecule has 2 rings (SSSR count). The van der Waals surface area contributed by atoms with Gasteiger partial charge in [0.05, 0.1) is 0 Å². The molecule has 0 spiro atoms. The molecule has 0 aromatic heterocycles. The van der Waals surface area contributed by atoms with Gasteiger partial charge in [0.25, 0.3) is 0 Å². The minimum absolute atomic E-state index is 0. The highest BCUT2D eigenvalue weighted by atomic mass is 19.2. The second-order valence-electron chi connectivity index (χ2n) is 5.34. The zero-order valence-electron chi connectivity index (χ0n) is 10.9. The van der Waals surface area contributed by atoms with E-state index in [1.807, 2.05) is 6.08 Å². The van der Waals surface area contributed by atoms with Crippen LogP contribution in [0.5, 0.6) is 0 Å². The lowest BCUT2D eigenvalue weighted by Crippen LogP contribution is -2.14. The summed E-state index contributed by atoms with van der Waals surface area (Å²) in [7, 11) is 0. The van der Waals surface area contributed by atoms with Crippen LogP contribution in [-0.4, -0.2) is 0 Å². The maximum absolute atomic E-state index is 13.9. The molecule has 1 fully saturated rings. The lowest BCUT2D eigenvalue weighted by Gasteiger charge is -2.28. The average molecular weight is 266 g/mol. The van der Waals surface area contributed by atoms with Gasteiger partial charge in [0.1, 0.15) is 0 Å². The molecule has 106 valence electrons. The van der Waals surface area contributed by atoms with Crippen molar-refractivity contribution in [1.29, 1.82) is 0 Å². The third kappa shape index (κ3) is 3.43. The van der Waals surface area contributed by atoms with E-state index in [0.29, 0.717) is 17.0 Å². The first-order chi connectivity index (χ1) is 8.63. The third-order valence-electron chi connectivity index (χ3n) is 4.09. The smallest absolute Gasteiger partial charge is 0.162 e. The van der Waals surface area contributed by atoms with Crippen molar-refractivity contribution < 1.29 is 8.78 Å². The van der Waals surface area contributed by atoms with Crippen molar-refractivity contribution in [2.75, 3.05) is 0 Å². The van der Waals surface area contributed by atoms with Gasteiger partial charge >= 0.3 is 0 Å². The highest BCUT2D eigenvalue weighted by Crippen LogP contribution is 2.38. The zero-order chi connectivity index (χ0) is 13.1. The van der Waals surface area contributed by atoms with Gasteiger partial charge in [0, 0.05) is 0 Å². The Hall–Kier alpha value is -1.18. The zero-order valence-corrected chi connectivity index (χ0v) is 10.9. The van der Waals surface area contributed by atoms with Crippen LogP contribution < -0.4 is 0 Å². The van der Waals surface area contributed by atoms with E-state index in [4.69, 9.17) is 0 Å². The number of hydrogen-bond donors (Lipinski definition) is 0. The van der Waals surface area contributed by atoms with Gasteiger partial charge in [0.2, 0.25) is 0 Å². The van der Waals surface area contributed by atoms with Gasteiger partial charge in [-0.25, -0.2) is 8.78 Å². The van der Waals surface area contributed by atoms with Crippen molar-refractivity contribution in [3.8, 4) is 0 Å². The molecule has 1 aromatic rings. The molecule has 1 aromatic carbocycles. The molecule has 0 amide bonds. The van der Waals surface area contributed by atoms with E-state index < -0.39 is 11.6 Å². The SMILES string of the molecule is C.C=CCC1CCC(c2ccc(C)c(F)c2F)CC1. The van der Waals surface area contributed by atoms with E-state index >= 15 is 0 Å². The fourth-order valence-corrected chi connectivity index (χ4v) is 2.92. The minimum Gasteiger partial charge on any atom is -0.203 e. The topological polar surface area (TPSA) is 0 Å². The standard InChI is InChI=1S/C16H20F2.CH4/c1-3-4-12-6-8-13(9-7-12)14-10-5-11(2)15(17)16(14)18;/h3,5,10,12-13H,1,4,6-9H2,2H3;1H4. The molecule has 0 unspecified atom stereocenters. The Balaban J connectivity index is 0.00000180. The van der Waals surface area contributed by atoms with Crippen molar-refractivity contribution in [3.05, 3.63) is 47.5 Å². The van der Waals surface area contributed by atoms with Crippen LogP contribution in [0.2, 0.25) is 0 Å².